The molecule has 0 spiro atoms. The number of aliphatic hydroxyl groups excluding tert-OH is 1. The van der Waals surface area contributed by atoms with Crippen molar-refractivity contribution in [2.75, 3.05) is 53.4 Å². The first-order chi connectivity index (χ1) is 21.5. The number of carbonyl (C=O) groups excluding carboxylic acids is 2. The van der Waals surface area contributed by atoms with Crippen molar-refractivity contribution < 1.29 is 27.9 Å². The molecule has 2 atom stereocenters. The van der Waals surface area contributed by atoms with Crippen LogP contribution in [0.1, 0.15) is 40.1 Å². The van der Waals surface area contributed by atoms with Crippen LogP contribution in [-0.4, -0.2) is 105 Å². The van der Waals surface area contributed by atoms with Crippen LogP contribution in [0.4, 0.5) is 0 Å². The summed E-state index contributed by atoms with van der Waals surface area (Å²) in [7, 11) is -0.447. The van der Waals surface area contributed by atoms with Gasteiger partial charge in [0.2, 0.25) is 10.0 Å². The van der Waals surface area contributed by atoms with Crippen molar-refractivity contribution in [3.63, 3.8) is 0 Å². The zero-order valence-corrected chi connectivity index (χ0v) is 27.2. The van der Waals surface area contributed by atoms with Gasteiger partial charge in [-0.3, -0.25) is 9.59 Å². The van der Waals surface area contributed by atoms with E-state index in [9.17, 15) is 23.1 Å². The van der Waals surface area contributed by atoms with Crippen LogP contribution in [0.3, 0.4) is 0 Å². The van der Waals surface area contributed by atoms with E-state index in [1.165, 1.54) is 23.5 Å². The van der Waals surface area contributed by atoms with E-state index in [1.54, 1.807) is 41.3 Å². The fraction of sp³-hybridized carbons (Fsp3) is 0.412. The Morgan fingerprint density at radius 3 is 2.18 bits per heavy atom. The van der Waals surface area contributed by atoms with Crippen LogP contribution >= 0.6 is 0 Å². The number of carbonyl (C=O) groups is 2. The summed E-state index contributed by atoms with van der Waals surface area (Å²) in [6, 6.07) is 21.3. The summed E-state index contributed by atoms with van der Waals surface area (Å²) < 4.78 is 33.9. The minimum Gasteiger partial charge on any atom is -0.497 e. The normalized spacial score (nSPS) is 15.6. The molecule has 0 unspecified atom stereocenters. The number of aliphatic hydroxyl groups is 1. The standard InChI is InChI=1S/C34H44N4O6S/c1-25(2)23-38(45(42,43)30-15-13-29(44-4)14-16-30)24-32(39)31(21-26-9-6-5-7-10-26)35-33(40)27-11-8-12-28(22-27)34(41)37-19-17-36(3)18-20-37/h5-16,22,25,31-32,39H,17-21,23-24H2,1-4H3,(H,35,40)/t31-,32+/m0/s1. The molecule has 242 valence electrons. The second kappa shape index (κ2) is 15.5. The number of ether oxygens (including phenoxy) is 1. The molecule has 1 fully saturated rings. The highest BCUT2D eigenvalue weighted by molar-refractivity contribution is 7.89. The highest BCUT2D eigenvalue weighted by Crippen LogP contribution is 2.22. The predicted molar refractivity (Wildman–Crippen MR) is 174 cm³/mol. The van der Waals surface area contributed by atoms with Crippen LogP contribution in [0.5, 0.6) is 5.75 Å². The SMILES string of the molecule is COc1ccc(S(=O)(=O)N(CC(C)C)C[C@@H](O)[C@H](Cc2ccccc2)NC(=O)c2cccc(C(=O)N3CCN(C)CC3)c2)cc1. The van der Waals surface area contributed by atoms with Gasteiger partial charge in [0.15, 0.2) is 0 Å². The Balaban J connectivity index is 1.56. The Bertz CT molecular complexity index is 1520. The number of piperazine rings is 1. The Hall–Kier alpha value is -3.77. The van der Waals surface area contributed by atoms with E-state index in [-0.39, 0.29) is 41.8 Å². The van der Waals surface area contributed by atoms with E-state index < -0.39 is 28.1 Å². The number of amides is 2. The van der Waals surface area contributed by atoms with Crippen LogP contribution in [0.15, 0.2) is 83.8 Å². The first-order valence-electron chi connectivity index (χ1n) is 15.2. The molecule has 1 saturated heterocycles. The van der Waals surface area contributed by atoms with Gasteiger partial charge in [0.05, 0.1) is 24.2 Å². The molecule has 1 aliphatic rings. The molecule has 0 radical (unpaired) electrons. The molecule has 4 rings (SSSR count). The average molecular weight is 637 g/mol. The van der Waals surface area contributed by atoms with Gasteiger partial charge in [0, 0.05) is 50.4 Å². The fourth-order valence-electron chi connectivity index (χ4n) is 5.30. The van der Waals surface area contributed by atoms with Crippen molar-refractivity contribution in [2.45, 2.75) is 37.3 Å². The molecule has 45 heavy (non-hydrogen) atoms. The molecule has 0 aromatic heterocycles. The van der Waals surface area contributed by atoms with E-state index in [0.29, 0.717) is 24.4 Å². The Morgan fingerprint density at radius 1 is 0.911 bits per heavy atom. The zero-order valence-electron chi connectivity index (χ0n) is 26.4. The van der Waals surface area contributed by atoms with Crippen molar-refractivity contribution in [2.24, 2.45) is 5.92 Å². The second-order valence-electron chi connectivity index (χ2n) is 11.9. The summed E-state index contributed by atoms with van der Waals surface area (Å²) in [5, 5.41) is 14.5. The highest BCUT2D eigenvalue weighted by Gasteiger charge is 2.32. The van der Waals surface area contributed by atoms with E-state index >= 15 is 0 Å². The summed E-state index contributed by atoms with van der Waals surface area (Å²) in [5.41, 5.74) is 1.57. The minimum atomic E-state index is -3.97. The molecule has 1 heterocycles. The number of rotatable bonds is 13. The topological polar surface area (TPSA) is 119 Å². The summed E-state index contributed by atoms with van der Waals surface area (Å²) in [6.07, 6.45) is -0.970. The lowest BCUT2D eigenvalue weighted by atomic mass is 10.00. The lowest BCUT2D eigenvalue weighted by molar-refractivity contribution is 0.0664. The molecule has 3 aromatic rings. The number of sulfonamides is 1. The van der Waals surface area contributed by atoms with Crippen LogP contribution in [-0.2, 0) is 16.4 Å². The summed E-state index contributed by atoms with van der Waals surface area (Å²) >= 11 is 0. The van der Waals surface area contributed by atoms with Gasteiger partial charge in [-0.1, -0.05) is 50.2 Å². The average Bonchev–Trinajstić information content (AvgIpc) is 3.04. The van der Waals surface area contributed by atoms with Crippen LogP contribution in [0.25, 0.3) is 0 Å². The first kappa shape index (κ1) is 34.1. The first-order valence-corrected chi connectivity index (χ1v) is 16.7. The van der Waals surface area contributed by atoms with Crippen molar-refractivity contribution in [1.82, 2.24) is 19.4 Å². The van der Waals surface area contributed by atoms with E-state index in [0.717, 1.165) is 18.7 Å². The number of nitrogens with one attached hydrogen (secondary N) is 1. The summed E-state index contributed by atoms with van der Waals surface area (Å²) in [4.78, 5) is 30.8. The van der Waals surface area contributed by atoms with Gasteiger partial charge in [-0.05, 0) is 67.4 Å². The Kier molecular flexibility index (Phi) is 11.7. The van der Waals surface area contributed by atoms with Gasteiger partial charge in [-0.25, -0.2) is 8.42 Å². The Labute approximate surface area is 266 Å². The highest BCUT2D eigenvalue weighted by atomic mass is 32.2. The van der Waals surface area contributed by atoms with Crippen molar-refractivity contribution >= 4 is 21.8 Å². The molecule has 0 bridgehead atoms. The fourth-order valence-corrected chi connectivity index (χ4v) is 6.92. The van der Waals surface area contributed by atoms with Crippen molar-refractivity contribution in [1.29, 1.82) is 0 Å². The maximum atomic E-state index is 13.7. The predicted octanol–water partition coefficient (Wildman–Crippen LogP) is 3.13. The third-order valence-electron chi connectivity index (χ3n) is 7.90. The molecule has 0 saturated carbocycles. The second-order valence-corrected chi connectivity index (χ2v) is 13.8. The zero-order chi connectivity index (χ0) is 32.6. The maximum absolute atomic E-state index is 13.7. The molecule has 0 aliphatic carbocycles. The van der Waals surface area contributed by atoms with E-state index in [4.69, 9.17) is 4.74 Å². The number of nitrogens with zero attached hydrogens (tertiary/aromatic N) is 3. The molecule has 10 nitrogen and oxygen atoms in total. The Morgan fingerprint density at radius 2 is 1.56 bits per heavy atom. The smallest absolute Gasteiger partial charge is 0.253 e. The monoisotopic (exact) mass is 636 g/mol. The summed E-state index contributed by atoms with van der Waals surface area (Å²) in [5.74, 6) is -0.0829. The van der Waals surface area contributed by atoms with Crippen LogP contribution in [0.2, 0.25) is 0 Å². The summed E-state index contributed by atoms with van der Waals surface area (Å²) in [6.45, 7) is 6.55. The van der Waals surface area contributed by atoms with Gasteiger partial charge >= 0.3 is 0 Å². The van der Waals surface area contributed by atoms with Crippen molar-refractivity contribution in [3.05, 3.63) is 95.6 Å². The number of hydrogen-bond donors (Lipinski definition) is 2. The van der Waals surface area contributed by atoms with Gasteiger partial charge in [0.25, 0.3) is 11.8 Å². The molecule has 2 amide bonds. The molecular weight excluding hydrogens is 592 g/mol. The van der Waals surface area contributed by atoms with Gasteiger partial charge in [0.1, 0.15) is 5.75 Å². The number of methoxy groups -OCH3 is 1. The lowest BCUT2D eigenvalue weighted by Crippen LogP contribution is -2.51. The van der Waals surface area contributed by atoms with Gasteiger partial charge in [-0.15, -0.1) is 0 Å². The van der Waals surface area contributed by atoms with Gasteiger partial charge < -0.3 is 25.0 Å². The quantitative estimate of drug-likeness (QED) is 0.296. The number of hydrogen-bond acceptors (Lipinski definition) is 7. The molecule has 11 heteroatoms. The third kappa shape index (κ3) is 9.13. The van der Waals surface area contributed by atoms with E-state index in [2.05, 4.69) is 10.2 Å². The number of likely N-dealkylation sites (N-methyl/N-ethyl adjacent to an activating group) is 1. The van der Waals surface area contributed by atoms with Gasteiger partial charge in [-0.2, -0.15) is 4.31 Å². The van der Waals surface area contributed by atoms with Crippen molar-refractivity contribution in [3.8, 4) is 5.75 Å². The van der Waals surface area contributed by atoms with Crippen LogP contribution in [0, 0.1) is 5.92 Å². The number of benzene rings is 3. The molecule has 2 N–H and O–H groups in total. The van der Waals surface area contributed by atoms with Crippen LogP contribution < -0.4 is 10.1 Å². The minimum absolute atomic E-state index is 0.0204. The molecule has 3 aromatic carbocycles. The molecule has 1 aliphatic heterocycles. The molecular formula is C34H44N4O6S. The largest absolute Gasteiger partial charge is 0.497 e. The third-order valence-corrected chi connectivity index (χ3v) is 9.74. The maximum Gasteiger partial charge on any atom is 0.253 e. The lowest BCUT2D eigenvalue weighted by Gasteiger charge is -2.32. The van der Waals surface area contributed by atoms with E-state index in [1.807, 2.05) is 51.2 Å².